The topological polar surface area (TPSA) is 81.1 Å². The summed E-state index contributed by atoms with van der Waals surface area (Å²) in [6, 6.07) is 77.2. The van der Waals surface area contributed by atoms with Crippen LogP contribution < -0.4 is 10.2 Å². The summed E-state index contributed by atoms with van der Waals surface area (Å²) in [5.41, 5.74) is 14.7. The van der Waals surface area contributed by atoms with Gasteiger partial charge in [0.15, 0.2) is 5.82 Å². The van der Waals surface area contributed by atoms with Gasteiger partial charge in [-0.3, -0.25) is 4.57 Å². The molecule has 0 radical (unpaired) electrons. The van der Waals surface area contributed by atoms with E-state index in [1.54, 1.807) is 0 Å². The predicted octanol–water partition coefficient (Wildman–Crippen LogP) is 15.2. The predicted molar refractivity (Wildman–Crippen MR) is 310 cm³/mol. The number of allylic oxidation sites excluding steroid dienone is 3. The molecule has 9 nitrogen and oxygen atoms in total. The molecule has 3 unspecified atom stereocenters. The zero-order valence-corrected chi connectivity index (χ0v) is 41.0. The molecule has 0 spiro atoms. The third kappa shape index (κ3) is 6.32. The molecule has 1 aliphatic carbocycles. The Morgan fingerprint density at radius 1 is 0.421 bits per heavy atom. The normalized spacial score (nSPS) is 16.9. The molecule has 1 N–H and O–H groups in total. The Balaban J connectivity index is 0.979. The Morgan fingerprint density at radius 2 is 1.00 bits per heavy atom. The number of hydrogen-bond acceptors (Lipinski definition) is 6. The van der Waals surface area contributed by atoms with Gasteiger partial charge in [-0.1, -0.05) is 206 Å². The zero-order chi connectivity index (χ0) is 49.8. The fourth-order valence-corrected chi connectivity index (χ4v) is 12.4. The molecule has 9 heteroatoms. The summed E-state index contributed by atoms with van der Waals surface area (Å²) < 4.78 is 7.07. The molecule has 6 heterocycles. The van der Waals surface area contributed by atoms with Crippen LogP contribution in [0.2, 0.25) is 0 Å². The lowest BCUT2D eigenvalue weighted by Crippen LogP contribution is -2.31. The second-order valence-electron chi connectivity index (χ2n) is 19.8. The molecule has 4 aromatic heterocycles. The molecule has 3 aliphatic rings. The molecule has 9 aromatic carbocycles. The standard InChI is InChI=1S/C67H45N9/c1-5-21-42(22-6-1)53-41-54(43-23-7-2-8-24-43)69-65(68-53)74-58-36-20-16-32-52(58)60-59(74)40-39-49-46-29-14-18-34-56(46)75(61(49)60)66-70-64(44-25-9-3-10-26-44)71-67(72-66)76-57-35-19-15-31-48(57)51-38-37-50-47-30-13-17-33-55(47)73(62(50)63(51)76)45-27-11-4-12-28-45/h1-41,48,57,65,68H. The molecule has 0 bridgehead atoms. The maximum Gasteiger partial charge on any atom is 0.240 e. The van der Waals surface area contributed by atoms with Crippen molar-refractivity contribution < 1.29 is 0 Å². The van der Waals surface area contributed by atoms with Crippen molar-refractivity contribution in [2.45, 2.75) is 18.2 Å². The lowest BCUT2D eigenvalue weighted by atomic mass is 9.91. The molecule has 76 heavy (non-hydrogen) atoms. The van der Waals surface area contributed by atoms with Crippen molar-refractivity contribution >= 4 is 88.5 Å². The van der Waals surface area contributed by atoms with E-state index in [1.165, 1.54) is 16.3 Å². The summed E-state index contributed by atoms with van der Waals surface area (Å²) in [5, 5.41) is 10.6. The fourth-order valence-electron chi connectivity index (χ4n) is 12.4. The molecule has 16 rings (SSSR count). The first kappa shape index (κ1) is 42.4. The zero-order valence-electron chi connectivity index (χ0n) is 41.0. The molecule has 3 atom stereocenters. The van der Waals surface area contributed by atoms with Crippen molar-refractivity contribution in [2.75, 3.05) is 4.90 Å². The highest BCUT2D eigenvalue weighted by Crippen LogP contribution is 2.53. The lowest BCUT2D eigenvalue weighted by molar-refractivity contribution is 0.508. The number of rotatable bonds is 7. The van der Waals surface area contributed by atoms with Crippen molar-refractivity contribution in [2.24, 2.45) is 4.99 Å². The van der Waals surface area contributed by atoms with E-state index in [0.717, 1.165) is 94.1 Å². The number of hydrogen-bond donors (Lipinski definition) is 1. The summed E-state index contributed by atoms with van der Waals surface area (Å²) in [6.07, 6.45) is 10.7. The van der Waals surface area contributed by atoms with Crippen LogP contribution in [0.15, 0.2) is 254 Å². The maximum absolute atomic E-state index is 5.76. The van der Waals surface area contributed by atoms with Crippen LogP contribution in [0.4, 0.5) is 11.6 Å². The van der Waals surface area contributed by atoms with Crippen LogP contribution in [0.3, 0.4) is 0 Å². The average molecular weight is 976 g/mol. The summed E-state index contributed by atoms with van der Waals surface area (Å²) in [7, 11) is 0. The van der Waals surface area contributed by atoms with E-state index in [1.807, 2.05) is 6.07 Å². The van der Waals surface area contributed by atoms with E-state index in [-0.39, 0.29) is 12.0 Å². The molecule has 358 valence electrons. The smallest absolute Gasteiger partial charge is 0.240 e. The van der Waals surface area contributed by atoms with Crippen LogP contribution in [0, 0.1) is 0 Å². The van der Waals surface area contributed by atoms with Gasteiger partial charge in [0, 0.05) is 55.2 Å². The molecule has 2 aliphatic heterocycles. The maximum atomic E-state index is 5.76. The van der Waals surface area contributed by atoms with Crippen LogP contribution in [-0.4, -0.2) is 40.4 Å². The van der Waals surface area contributed by atoms with Gasteiger partial charge in [-0.25, -0.2) is 4.99 Å². The highest BCUT2D eigenvalue weighted by atomic mass is 15.4. The van der Waals surface area contributed by atoms with Crippen LogP contribution >= 0.6 is 0 Å². The van der Waals surface area contributed by atoms with Gasteiger partial charge in [0.05, 0.1) is 50.5 Å². The van der Waals surface area contributed by atoms with Crippen LogP contribution in [0.1, 0.15) is 28.9 Å². The van der Waals surface area contributed by atoms with E-state index >= 15 is 0 Å². The SMILES string of the molecule is C1=CC2c3ccc4c5ccccc5n(-c5ccccc5)c4c3N(c3nc(-c4ccccc4)nc(-n4c5ccccc5c5ccc6c(c7ccccc7n6C6N=C(c7ccccc7)C=C(c7ccccc7)N6)c54)n3)C2C=C1. The van der Waals surface area contributed by atoms with Crippen LogP contribution in [0.5, 0.6) is 0 Å². The largest absolute Gasteiger partial charge is 0.346 e. The van der Waals surface area contributed by atoms with E-state index in [0.29, 0.717) is 17.7 Å². The first-order valence-electron chi connectivity index (χ1n) is 25.9. The van der Waals surface area contributed by atoms with E-state index < -0.39 is 6.29 Å². The fraction of sp³-hybridized carbons (Fsp3) is 0.0448. The third-order valence-corrected chi connectivity index (χ3v) is 15.7. The van der Waals surface area contributed by atoms with E-state index in [4.69, 9.17) is 19.9 Å². The molecule has 13 aromatic rings. The van der Waals surface area contributed by atoms with E-state index in [9.17, 15) is 0 Å². The van der Waals surface area contributed by atoms with Gasteiger partial charge in [0.2, 0.25) is 18.2 Å². The highest BCUT2D eigenvalue weighted by Gasteiger charge is 2.42. The van der Waals surface area contributed by atoms with Gasteiger partial charge in [-0.15, -0.1) is 0 Å². The number of benzene rings is 9. The van der Waals surface area contributed by atoms with Gasteiger partial charge >= 0.3 is 0 Å². The summed E-state index contributed by atoms with van der Waals surface area (Å²) in [5.74, 6) is 1.75. The van der Waals surface area contributed by atoms with Gasteiger partial charge in [0.25, 0.3) is 0 Å². The number of para-hydroxylation sites is 4. The molecule has 0 saturated carbocycles. The minimum absolute atomic E-state index is 0.0572. The summed E-state index contributed by atoms with van der Waals surface area (Å²) in [4.78, 5) is 24.8. The number of aliphatic imine (C=N–C) groups is 1. The first-order chi connectivity index (χ1) is 37.7. The third-order valence-electron chi connectivity index (χ3n) is 15.7. The minimum Gasteiger partial charge on any atom is -0.346 e. The van der Waals surface area contributed by atoms with Gasteiger partial charge in [0.1, 0.15) is 0 Å². The Morgan fingerprint density at radius 3 is 1.74 bits per heavy atom. The Labute approximate surface area is 437 Å². The molecule has 0 fully saturated rings. The minimum atomic E-state index is -0.481. The molecule has 0 saturated heterocycles. The van der Waals surface area contributed by atoms with E-state index in [2.05, 4.69) is 267 Å². The lowest BCUT2D eigenvalue weighted by Gasteiger charge is -2.28. The Kier molecular flexibility index (Phi) is 9.32. The van der Waals surface area contributed by atoms with Gasteiger partial charge < -0.3 is 19.4 Å². The average Bonchev–Trinajstić information content (AvgIpc) is 4.39. The Hall–Kier alpha value is -10.1. The van der Waals surface area contributed by atoms with Crippen LogP contribution in [0.25, 0.3) is 94.1 Å². The molecular weight excluding hydrogens is 931 g/mol. The monoisotopic (exact) mass is 975 g/mol. The van der Waals surface area contributed by atoms with Crippen LogP contribution in [-0.2, 0) is 0 Å². The van der Waals surface area contributed by atoms with Gasteiger partial charge in [-0.2, -0.15) is 15.0 Å². The van der Waals surface area contributed by atoms with Crippen molar-refractivity contribution in [3.63, 3.8) is 0 Å². The van der Waals surface area contributed by atoms with Gasteiger partial charge in [-0.05, 0) is 59.2 Å². The number of anilines is 2. The van der Waals surface area contributed by atoms with Crippen molar-refractivity contribution in [1.29, 1.82) is 0 Å². The Bertz CT molecular complexity index is 4620. The quantitative estimate of drug-likeness (QED) is 0.172. The number of aromatic nitrogens is 6. The second-order valence-corrected chi connectivity index (χ2v) is 19.8. The van der Waals surface area contributed by atoms with Crippen molar-refractivity contribution in [3.05, 3.63) is 265 Å². The molecular formula is C67H45N9. The van der Waals surface area contributed by atoms with Crippen molar-refractivity contribution in [1.82, 2.24) is 34.0 Å². The number of nitrogens with zero attached hydrogens (tertiary/aromatic N) is 8. The summed E-state index contributed by atoms with van der Waals surface area (Å²) in [6.45, 7) is 0. The van der Waals surface area contributed by atoms with Crippen molar-refractivity contribution in [3.8, 4) is 23.0 Å². The highest BCUT2D eigenvalue weighted by molar-refractivity contribution is 6.26. The number of fused-ring (bicyclic) bond motifs is 14. The summed E-state index contributed by atoms with van der Waals surface area (Å²) >= 11 is 0. The molecule has 0 amide bonds. The first-order valence-corrected chi connectivity index (χ1v) is 25.9. The second kappa shape index (κ2) is 16.7. The number of nitrogens with one attached hydrogen (secondary N) is 1.